The summed E-state index contributed by atoms with van der Waals surface area (Å²) in [6, 6.07) is 1.58. The van der Waals surface area contributed by atoms with Crippen LogP contribution in [0.1, 0.15) is 23.1 Å². The van der Waals surface area contributed by atoms with Crippen molar-refractivity contribution in [3.05, 3.63) is 15.8 Å². The summed E-state index contributed by atoms with van der Waals surface area (Å²) >= 11 is 1.34. The predicted molar refractivity (Wildman–Crippen MR) is 72.4 cm³/mol. The zero-order chi connectivity index (χ0) is 13.6. The number of aryl methyl sites for hydroxylation is 1. The number of fused-ring (bicyclic) bond motifs is 1. The molecule has 0 amide bonds. The zero-order valence-electron chi connectivity index (χ0n) is 10.1. The summed E-state index contributed by atoms with van der Waals surface area (Å²) in [6.07, 6.45) is 1.74. The van der Waals surface area contributed by atoms with Gasteiger partial charge in [0.2, 0.25) is 10.0 Å². The molecular weight excluding hydrogens is 275 g/mol. The molecule has 9 heteroatoms. The lowest BCUT2D eigenvalue weighted by Crippen LogP contribution is -2.65. The smallest absolute Gasteiger partial charge is 0.402 e. The molecule has 0 spiro atoms. The Bertz CT molecular complexity index is 594. The van der Waals surface area contributed by atoms with Gasteiger partial charge in [0, 0.05) is 4.88 Å². The fourth-order valence-corrected chi connectivity index (χ4v) is 4.35. The van der Waals surface area contributed by atoms with Crippen LogP contribution in [0.2, 0.25) is 0 Å². The average Bonchev–Trinajstić information content (AvgIpc) is 2.59. The summed E-state index contributed by atoms with van der Waals surface area (Å²) in [7, 11) is -3.81. The average molecular weight is 289 g/mol. The van der Waals surface area contributed by atoms with E-state index in [9.17, 15) is 18.5 Å². The van der Waals surface area contributed by atoms with Gasteiger partial charge in [-0.3, -0.25) is 0 Å². The van der Waals surface area contributed by atoms with Gasteiger partial charge in [-0.2, -0.15) is 0 Å². The van der Waals surface area contributed by atoms with Crippen LogP contribution >= 0.6 is 11.3 Å². The minimum absolute atomic E-state index is 0.173. The SMILES string of the molecule is CCCS(=O)(=O)N1N=Cc2sc(C)cc2[B-]1(O)O. The fourth-order valence-electron chi connectivity index (χ4n) is 1.92. The molecule has 18 heavy (non-hydrogen) atoms. The molecule has 0 aromatic carbocycles. The van der Waals surface area contributed by atoms with Crippen molar-refractivity contribution in [3.8, 4) is 0 Å². The van der Waals surface area contributed by atoms with Crippen molar-refractivity contribution >= 4 is 39.7 Å². The molecule has 0 aliphatic carbocycles. The van der Waals surface area contributed by atoms with Crippen molar-refractivity contribution in [3.63, 3.8) is 0 Å². The van der Waals surface area contributed by atoms with Gasteiger partial charge in [0.1, 0.15) is 0 Å². The molecule has 1 aliphatic rings. The molecule has 1 aromatic rings. The first-order valence-corrected chi connectivity index (χ1v) is 7.98. The zero-order valence-corrected chi connectivity index (χ0v) is 11.7. The van der Waals surface area contributed by atoms with Crippen LogP contribution in [0.3, 0.4) is 0 Å². The lowest BCUT2D eigenvalue weighted by atomic mass is 9.65. The van der Waals surface area contributed by atoms with E-state index in [4.69, 9.17) is 0 Å². The van der Waals surface area contributed by atoms with Crippen LogP contribution < -0.4 is 5.46 Å². The number of thiophene rings is 1. The number of nitrogens with zero attached hydrogens (tertiary/aromatic N) is 2. The van der Waals surface area contributed by atoms with Crippen molar-refractivity contribution in [2.75, 3.05) is 5.75 Å². The molecular formula is C9H14BN2O4S2-. The summed E-state index contributed by atoms with van der Waals surface area (Å²) in [5.41, 5.74) is 0.215. The minimum atomic E-state index is -3.81. The summed E-state index contributed by atoms with van der Waals surface area (Å²) in [6.45, 7) is 0.176. The molecule has 6 nitrogen and oxygen atoms in total. The highest BCUT2D eigenvalue weighted by atomic mass is 32.2. The molecule has 0 fully saturated rings. The predicted octanol–water partition coefficient (Wildman–Crippen LogP) is -0.424. The Balaban J connectivity index is 2.50. The molecule has 2 N–H and O–H groups in total. The second-order valence-electron chi connectivity index (χ2n) is 4.24. The van der Waals surface area contributed by atoms with E-state index >= 15 is 0 Å². The number of rotatable bonds is 3. The maximum absolute atomic E-state index is 11.9. The van der Waals surface area contributed by atoms with Crippen molar-refractivity contribution in [2.45, 2.75) is 20.3 Å². The Hall–Kier alpha value is -0.895. The summed E-state index contributed by atoms with van der Waals surface area (Å²) in [5, 5.41) is 23.9. The van der Waals surface area contributed by atoms with Gasteiger partial charge in [0.05, 0.1) is 12.0 Å². The molecule has 0 saturated carbocycles. The highest BCUT2D eigenvalue weighted by Gasteiger charge is 2.40. The molecule has 0 saturated heterocycles. The van der Waals surface area contributed by atoms with Crippen LogP contribution in [0.25, 0.3) is 0 Å². The van der Waals surface area contributed by atoms with Gasteiger partial charge in [-0.1, -0.05) is 13.0 Å². The maximum Gasteiger partial charge on any atom is 0.402 e. The van der Waals surface area contributed by atoms with E-state index in [2.05, 4.69) is 5.10 Å². The van der Waals surface area contributed by atoms with Gasteiger partial charge in [0.15, 0.2) is 0 Å². The molecule has 0 atom stereocenters. The molecule has 0 unspecified atom stereocenters. The summed E-state index contributed by atoms with van der Waals surface area (Å²) < 4.78 is 24.3. The third-order valence-corrected chi connectivity index (χ3v) is 5.56. The Morgan fingerprint density at radius 2 is 2.17 bits per heavy atom. The van der Waals surface area contributed by atoms with E-state index in [1.807, 2.05) is 6.92 Å². The molecule has 1 aromatic heterocycles. The van der Waals surface area contributed by atoms with Crippen molar-refractivity contribution in [1.82, 2.24) is 4.33 Å². The van der Waals surface area contributed by atoms with E-state index in [-0.39, 0.29) is 11.2 Å². The minimum Gasteiger partial charge on any atom is -0.560 e. The van der Waals surface area contributed by atoms with E-state index in [0.29, 0.717) is 15.6 Å². The van der Waals surface area contributed by atoms with Crippen molar-refractivity contribution < 1.29 is 18.5 Å². The van der Waals surface area contributed by atoms with Crippen LogP contribution in [0.4, 0.5) is 0 Å². The van der Waals surface area contributed by atoms with E-state index in [1.165, 1.54) is 17.6 Å². The topological polar surface area (TPSA) is 90.2 Å². The van der Waals surface area contributed by atoms with Gasteiger partial charge in [0.25, 0.3) is 0 Å². The Kier molecular flexibility index (Phi) is 3.26. The van der Waals surface area contributed by atoms with Gasteiger partial charge < -0.3 is 14.4 Å². The first-order valence-electron chi connectivity index (χ1n) is 5.56. The Labute approximate surface area is 110 Å². The molecule has 2 heterocycles. The van der Waals surface area contributed by atoms with Gasteiger partial charge in [-0.05, 0) is 18.2 Å². The normalized spacial score (nSPS) is 17.9. The van der Waals surface area contributed by atoms with Gasteiger partial charge >= 0.3 is 6.69 Å². The van der Waals surface area contributed by atoms with Crippen LogP contribution in [0.15, 0.2) is 11.2 Å². The molecule has 2 rings (SSSR count). The standard InChI is InChI=1S/C9H14BN2O4S2/c1-3-4-18(15,16)12-10(13,14)8-5-7(2)17-9(8)6-11-12/h5-6,13-14H,3-4H2,1-2H3/q-1. The van der Waals surface area contributed by atoms with Gasteiger partial charge in [-0.25, -0.2) is 13.5 Å². The highest BCUT2D eigenvalue weighted by Crippen LogP contribution is 2.22. The van der Waals surface area contributed by atoms with Gasteiger partial charge in [-0.15, -0.1) is 16.8 Å². The van der Waals surface area contributed by atoms with E-state index < -0.39 is 16.7 Å². The summed E-state index contributed by atoms with van der Waals surface area (Å²) in [4.78, 5) is 1.45. The van der Waals surface area contributed by atoms with Crippen LogP contribution in [-0.4, -0.2) is 41.4 Å². The third kappa shape index (κ3) is 2.07. The third-order valence-electron chi connectivity index (χ3n) is 2.68. The number of sulfonamides is 1. The number of hydrogen-bond acceptors (Lipinski definition) is 6. The van der Waals surface area contributed by atoms with E-state index in [0.717, 1.165) is 4.88 Å². The number of hydrazone groups is 1. The second kappa shape index (κ2) is 4.34. The van der Waals surface area contributed by atoms with Crippen molar-refractivity contribution in [2.24, 2.45) is 5.10 Å². The fraction of sp³-hybridized carbons (Fsp3) is 0.444. The molecule has 100 valence electrons. The lowest BCUT2D eigenvalue weighted by molar-refractivity contribution is 0.310. The first kappa shape index (κ1) is 13.5. The Morgan fingerprint density at radius 3 is 2.78 bits per heavy atom. The first-order chi connectivity index (χ1) is 8.29. The van der Waals surface area contributed by atoms with E-state index in [1.54, 1.807) is 13.0 Å². The van der Waals surface area contributed by atoms with Crippen LogP contribution in [-0.2, 0) is 10.0 Å². The molecule has 0 radical (unpaired) electrons. The van der Waals surface area contributed by atoms with Crippen LogP contribution in [0.5, 0.6) is 0 Å². The highest BCUT2D eigenvalue weighted by molar-refractivity contribution is 7.90. The second-order valence-corrected chi connectivity index (χ2v) is 7.48. The quantitative estimate of drug-likeness (QED) is 0.739. The number of hydrogen-bond donors (Lipinski definition) is 2. The van der Waals surface area contributed by atoms with Crippen molar-refractivity contribution in [1.29, 1.82) is 0 Å². The maximum atomic E-state index is 11.9. The largest absolute Gasteiger partial charge is 0.560 e. The van der Waals surface area contributed by atoms with Crippen LogP contribution in [0, 0.1) is 6.92 Å². The Morgan fingerprint density at radius 1 is 1.50 bits per heavy atom. The lowest BCUT2D eigenvalue weighted by Gasteiger charge is -2.41. The monoisotopic (exact) mass is 289 g/mol. The molecule has 0 bridgehead atoms. The molecule has 1 aliphatic heterocycles. The summed E-state index contributed by atoms with van der Waals surface area (Å²) in [5.74, 6) is -0.173.